The van der Waals surface area contributed by atoms with Gasteiger partial charge in [0.2, 0.25) is 0 Å². The van der Waals surface area contributed by atoms with E-state index in [-0.39, 0.29) is 11.8 Å². The van der Waals surface area contributed by atoms with Crippen LogP contribution in [0.3, 0.4) is 0 Å². The number of nitrogens with zero attached hydrogens (tertiary/aromatic N) is 3. The summed E-state index contributed by atoms with van der Waals surface area (Å²) in [7, 11) is 0. The van der Waals surface area contributed by atoms with Gasteiger partial charge in [0.05, 0.1) is 5.71 Å². The van der Waals surface area contributed by atoms with Crippen LogP contribution in [-0.2, 0) is 6.54 Å². The fraction of sp³-hybridized carbons (Fsp3) is 0.182. The lowest BCUT2D eigenvalue weighted by Crippen LogP contribution is -2.45. The highest BCUT2D eigenvalue weighted by Crippen LogP contribution is 2.18. The second-order valence-corrected chi connectivity index (χ2v) is 10.4. The molecule has 4 aromatic carbocycles. The van der Waals surface area contributed by atoms with Crippen LogP contribution in [0.25, 0.3) is 0 Å². The molecule has 1 aliphatic heterocycles. The van der Waals surface area contributed by atoms with Crippen LogP contribution in [0.15, 0.2) is 108 Å². The molecule has 0 spiro atoms. The number of rotatable bonds is 8. The number of benzene rings is 4. The summed E-state index contributed by atoms with van der Waals surface area (Å²) in [5.74, 6) is -0.539. The molecule has 1 saturated heterocycles. The largest absolute Gasteiger partial charge is 0.369 e. The summed E-state index contributed by atoms with van der Waals surface area (Å²) in [6.45, 7) is 6.65. The highest BCUT2D eigenvalue weighted by molar-refractivity contribution is 6.31. The number of hydrogen-bond donors (Lipinski definition) is 2. The predicted octanol–water partition coefficient (Wildman–Crippen LogP) is 6.07. The van der Waals surface area contributed by atoms with Gasteiger partial charge < -0.3 is 10.2 Å². The number of amides is 2. The Morgan fingerprint density at radius 1 is 0.756 bits per heavy atom. The van der Waals surface area contributed by atoms with Gasteiger partial charge in [-0.05, 0) is 72.6 Å². The molecule has 1 heterocycles. The Balaban J connectivity index is 1.12. The zero-order chi connectivity index (χ0) is 28.6. The third kappa shape index (κ3) is 7.60. The Morgan fingerprint density at radius 3 is 2.20 bits per heavy atom. The van der Waals surface area contributed by atoms with Gasteiger partial charge in [0.15, 0.2) is 0 Å². The minimum absolute atomic E-state index is 0.259. The van der Waals surface area contributed by atoms with E-state index in [1.165, 1.54) is 11.3 Å². The molecule has 0 bridgehead atoms. The quantitative estimate of drug-likeness (QED) is 0.201. The van der Waals surface area contributed by atoms with Crippen molar-refractivity contribution in [2.75, 3.05) is 36.4 Å². The average molecular weight is 566 g/mol. The summed E-state index contributed by atoms with van der Waals surface area (Å²) in [5, 5.41) is 7.65. The summed E-state index contributed by atoms with van der Waals surface area (Å²) in [6.07, 6.45) is 0. The fourth-order valence-corrected chi connectivity index (χ4v) is 4.93. The number of carbonyl (C=O) groups excluding carboxylic acids is 2. The molecule has 2 amide bonds. The Bertz CT molecular complexity index is 1530. The van der Waals surface area contributed by atoms with Crippen molar-refractivity contribution in [1.82, 2.24) is 10.3 Å². The zero-order valence-corrected chi connectivity index (χ0v) is 23.6. The average Bonchev–Trinajstić information content (AvgIpc) is 3.01. The summed E-state index contributed by atoms with van der Waals surface area (Å²) in [5.41, 5.74) is 8.10. The van der Waals surface area contributed by atoms with Gasteiger partial charge >= 0.3 is 0 Å². The second kappa shape index (κ2) is 13.3. The molecular formula is C33H32ClN5O2. The van der Waals surface area contributed by atoms with Crippen LogP contribution in [0.2, 0.25) is 5.02 Å². The minimum atomic E-state index is -0.280. The van der Waals surface area contributed by atoms with Crippen molar-refractivity contribution in [3.63, 3.8) is 0 Å². The summed E-state index contributed by atoms with van der Waals surface area (Å²) >= 11 is 6.00. The third-order valence-electron chi connectivity index (χ3n) is 7.07. The maximum Gasteiger partial charge on any atom is 0.271 e. The lowest BCUT2D eigenvalue weighted by atomic mass is 10.1. The maximum atomic E-state index is 12.7. The fourth-order valence-electron chi connectivity index (χ4n) is 4.74. The van der Waals surface area contributed by atoms with Crippen molar-refractivity contribution in [1.29, 1.82) is 0 Å². The van der Waals surface area contributed by atoms with Gasteiger partial charge in [-0.3, -0.25) is 14.5 Å². The number of anilines is 2. The SMILES string of the molecule is C/C(=N/NC(=O)c1ccc(CN2CCN(c3ccccc3)CC2)cc1)c1cccc(NC(=O)c2cccc(Cl)c2)c1. The molecule has 4 aromatic rings. The molecule has 0 aromatic heterocycles. The van der Waals surface area contributed by atoms with Gasteiger partial charge in [-0.2, -0.15) is 5.10 Å². The molecule has 41 heavy (non-hydrogen) atoms. The normalized spacial score (nSPS) is 14.0. The van der Waals surface area contributed by atoms with Crippen LogP contribution in [0, 0.1) is 0 Å². The van der Waals surface area contributed by atoms with Crippen LogP contribution < -0.4 is 15.6 Å². The van der Waals surface area contributed by atoms with Gasteiger partial charge in [-0.1, -0.05) is 60.1 Å². The highest BCUT2D eigenvalue weighted by atomic mass is 35.5. The van der Waals surface area contributed by atoms with Crippen molar-refractivity contribution in [2.24, 2.45) is 5.10 Å². The first-order valence-corrected chi connectivity index (χ1v) is 14.0. The molecule has 5 rings (SSSR count). The van der Waals surface area contributed by atoms with Crippen molar-refractivity contribution >= 4 is 40.5 Å². The van der Waals surface area contributed by atoms with Gasteiger partial charge in [0, 0.05) is 60.2 Å². The summed E-state index contributed by atoms with van der Waals surface area (Å²) < 4.78 is 0. The standard InChI is InChI=1S/C33H32ClN5O2/c1-24(27-7-6-10-30(22-27)35-32(40)28-8-5-9-29(34)21-28)36-37-33(41)26-15-13-25(14-16-26)23-38-17-19-39(20-18-38)31-11-3-2-4-12-31/h2-16,21-22H,17-20,23H2,1H3,(H,35,40)(H,37,41)/b36-24-. The number of hydrogen-bond acceptors (Lipinski definition) is 5. The molecule has 2 N–H and O–H groups in total. The van der Waals surface area contributed by atoms with Crippen molar-refractivity contribution in [2.45, 2.75) is 13.5 Å². The van der Waals surface area contributed by atoms with Crippen LogP contribution in [-0.4, -0.2) is 48.6 Å². The van der Waals surface area contributed by atoms with Crippen LogP contribution in [0.1, 0.15) is 38.8 Å². The molecule has 0 radical (unpaired) electrons. The van der Waals surface area contributed by atoms with E-state index >= 15 is 0 Å². The molecule has 0 saturated carbocycles. The minimum Gasteiger partial charge on any atom is -0.369 e. The first-order chi connectivity index (χ1) is 19.9. The first kappa shape index (κ1) is 28.1. The van der Waals surface area contributed by atoms with E-state index in [4.69, 9.17) is 11.6 Å². The predicted molar refractivity (Wildman–Crippen MR) is 166 cm³/mol. The number of nitrogens with one attached hydrogen (secondary N) is 2. The Labute approximate surface area is 245 Å². The number of para-hydroxylation sites is 1. The number of carbonyl (C=O) groups is 2. The van der Waals surface area contributed by atoms with Crippen molar-refractivity contribution in [3.05, 3.63) is 130 Å². The van der Waals surface area contributed by atoms with Crippen LogP contribution in [0.5, 0.6) is 0 Å². The topological polar surface area (TPSA) is 77.0 Å². The zero-order valence-electron chi connectivity index (χ0n) is 22.9. The molecular weight excluding hydrogens is 534 g/mol. The van der Waals surface area contributed by atoms with Crippen LogP contribution >= 0.6 is 11.6 Å². The Hall–Kier alpha value is -4.46. The van der Waals surface area contributed by atoms with Gasteiger partial charge in [0.25, 0.3) is 11.8 Å². The molecule has 208 valence electrons. The monoisotopic (exact) mass is 565 g/mol. The van der Waals surface area contributed by atoms with E-state index in [0.717, 1.165) is 38.3 Å². The molecule has 0 atom stereocenters. The van der Waals surface area contributed by atoms with E-state index in [9.17, 15) is 9.59 Å². The Morgan fingerprint density at radius 2 is 1.46 bits per heavy atom. The lowest BCUT2D eigenvalue weighted by molar-refractivity contribution is 0.0954. The maximum absolute atomic E-state index is 12.7. The smallest absolute Gasteiger partial charge is 0.271 e. The number of piperazine rings is 1. The molecule has 0 aliphatic carbocycles. The Kier molecular flexibility index (Phi) is 9.08. The molecule has 1 fully saturated rings. The first-order valence-electron chi connectivity index (χ1n) is 13.6. The molecule has 0 unspecified atom stereocenters. The third-order valence-corrected chi connectivity index (χ3v) is 7.30. The number of hydrazone groups is 1. The second-order valence-electron chi connectivity index (χ2n) is 9.98. The molecule has 1 aliphatic rings. The van der Waals surface area contributed by atoms with E-state index in [1.807, 2.05) is 48.5 Å². The van der Waals surface area contributed by atoms with Crippen molar-refractivity contribution < 1.29 is 9.59 Å². The number of halogens is 1. The summed E-state index contributed by atoms with van der Waals surface area (Å²) in [6, 6.07) is 32.3. The lowest BCUT2D eigenvalue weighted by Gasteiger charge is -2.36. The van der Waals surface area contributed by atoms with Gasteiger partial charge in [0.1, 0.15) is 0 Å². The van der Waals surface area contributed by atoms with E-state index in [2.05, 4.69) is 49.9 Å². The van der Waals surface area contributed by atoms with Crippen LogP contribution in [0.4, 0.5) is 11.4 Å². The highest BCUT2D eigenvalue weighted by Gasteiger charge is 2.17. The van der Waals surface area contributed by atoms with Crippen molar-refractivity contribution in [3.8, 4) is 0 Å². The van der Waals surface area contributed by atoms with E-state index in [1.54, 1.807) is 37.3 Å². The summed E-state index contributed by atoms with van der Waals surface area (Å²) in [4.78, 5) is 30.2. The van der Waals surface area contributed by atoms with E-state index in [0.29, 0.717) is 27.5 Å². The van der Waals surface area contributed by atoms with Gasteiger partial charge in [-0.25, -0.2) is 5.43 Å². The van der Waals surface area contributed by atoms with E-state index < -0.39 is 0 Å². The molecule has 8 heteroatoms. The molecule has 7 nitrogen and oxygen atoms in total. The van der Waals surface area contributed by atoms with Gasteiger partial charge in [-0.15, -0.1) is 0 Å².